The average molecular weight is 410 g/mol. The molecule has 2 atom stereocenters. The molecule has 1 fully saturated rings. The number of rotatable bonds is 5. The minimum Gasteiger partial charge on any atom is -0.342 e. The molecule has 1 aromatic heterocycles. The molecule has 0 saturated carbocycles. The Labute approximate surface area is 172 Å². The molecular formula is C21H22N4O3S. The number of nitro benzene ring substituents is 1. The number of benzene rings is 2. The standard InChI is InChI=1S/C21H22N4O3S/c1-14(29-17-10-8-16(9-11-17)25(27)28)21(26)24-12-4-5-15(13-24)20-22-18-6-2-3-7-19(18)23-20/h2-3,6-11,14-15H,4-5,12-13H2,1H3,(H,22,23). The van der Waals surface area contributed by atoms with Crippen LogP contribution in [0.25, 0.3) is 11.0 Å². The summed E-state index contributed by atoms with van der Waals surface area (Å²) in [5.41, 5.74) is 2.03. The van der Waals surface area contributed by atoms with Gasteiger partial charge in [0.05, 0.1) is 21.2 Å². The maximum Gasteiger partial charge on any atom is 0.269 e. The van der Waals surface area contributed by atoms with Crippen molar-refractivity contribution in [2.45, 2.75) is 35.8 Å². The van der Waals surface area contributed by atoms with Crippen molar-refractivity contribution in [3.05, 3.63) is 64.5 Å². The number of amides is 1. The van der Waals surface area contributed by atoms with Crippen LogP contribution in [-0.2, 0) is 4.79 Å². The zero-order valence-corrected chi connectivity index (χ0v) is 16.9. The third kappa shape index (κ3) is 4.27. The van der Waals surface area contributed by atoms with Crippen LogP contribution in [0.3, 0.4) is 0 Å². The molecule has 0 radical (unpaired) electrons. The third-order valence-corrected chi connectivity index (χ3v) is 6.34. The number of H-pyrrole nitrogens is 1. The molecule has 2 aromatic carbocycles. The summed E-state index contributed by atoms with van der Waals surface area (Å²) in [4.78, 5) is 34.2. The van der Waals surface area contributed by atoms with E-state index < -0.39 is 4.92 Å². The predicted octanol–water partition coefficient (Wildman–Crippen LogP) is 4.36. The van der Waals surface area contributed by atoms with Gasteiger partial charge < -0.3 is 9.88 Å². The van der Waals surface area contributed by atoms with Crippen molar-refractivity contribution >= 4 is 34.4 Å². The molecule has 1 aliphatic rings. The maximum atomic E-state index is 13.0. The number of nitrogens with one attached hydrogen (secondary N) is 1. The Kier molecular flexibility index (Phi) is 5.53. The van der Waals surface area contributed by atoms with Crippen molar-refractivity contribution in [1.29, 1.82) is 0 Å². The number of non-ortho nitro benzene ring substituents is 1. The number of carbonyl (C=O) groups is 1. The van der Waals surface area contributed by atoms with Crippen LogP contribution in [-0.4, -0.2) is 44.0 Å². The topological polar surface area (TPSA) is 92.1 Å². The average Bonchev–Trinajstić information content (AvgIpc) is 3.18. The van der Waals surface area contributed by atoms with Crippen LogP contribution in [0, 0.1) is 10.1 Å². The fraction of sp³-hybridized carbons (Fsp3) is 0.333. The number of nitrogens with zero attached hydrogens (tertiary/aromatic N) is 3. The molecule has 2 unspecified atom stereocenters. The lowest BCUT2D eigenvalue weighted by Crippen LogP contribution is -2.42. The van der Waals surface area contributed by atoms with Gasteiger partial charge >= 0.3 is 0 Å². The van der Waals surface area contributed by atoms with Crippen LogP contribution >= 0.6 is 11.8 Å². The Morgan fingerprint density at radius 1 is 1.28 bits per heavy atom. The number of fused-ring (bicyclic) bond motifs is 1. The normalized spacial score (nSPS) is 18.0. The highest BCUT2D eigenvalue weighted by molar-refractivity contribution is 8.00. The summed E-state index contributed by atoms with van der Waals surface area (Å²) < 4.78 is 0. The van der Waals surface area contributed by atoms with Crippen molar-refractivity contribution in [1.82, 2.24) is 14.9 Å². The van der Waals surface area contributed by atoms with Crippen molar-refractivity contribution in [3.8, 4) is 0 Å². The lowest BCUT2D eigenvalue weighted by atomic mass is 9.97. The second kappa shape index (κ2) is 8.24. The van der Waals surface area contributed by atoms with E-state index in [1.807, 2.05) is 36.1 Å². The van der Waals surface area contributed by atoms with Crippen molar-refractivity contribution in [2.75, 3.05) is 13.1 Å². The van der Waals surface area contributed by atoms with Crippen LogP contribution in [0.15, 0.2) is 53.4 Å². The molecule has 3 aromatic rings. The Bertz CT molecular complexity index is 1000. The third-order valence-electron chi connectivity index (χ3n) is 5.24. The van der Waals surface area contributed by atoms with E-state index in [1.54, 1.807) is 12.1 Å². The number of imidazole rings is 1. The summed E-state index contributed by atoms with van der Waals surface area (Å²) in [6, 6.07) is 14.3. The summed E-state index contributed by atoms with van der Waals surface area (Å²) in [6.07, 6.45) is 1.95. The first-order chi connectivity index (χ1) is 14.0. The SMILES string of the molecule is CC(Sc1ccc([N+](=O)[O-])cc1)C(=O)N1CCCC(c2nc3ccccc3[nH]2)C1. The number of hydrogen-bond acceptors (Lipinski definition) is 5. The molecule has 2 heterocycles. The van der Waals surface area contributed by atoms with Gasteiger partial charge in [-0.05, 0) is 44.0 Å². The van der Waals surface area contributed by atoms with E-state index in [1.165, 1.54) is 23.9 Å². The van der Waals surface area contributed by atoms with Crippen LogP contribution in [0.2, 0.25) is 0 Å². The minimum absolute atomic E-state index is 0.0537. The zero-order chi connectivity index (χ0) is 20.4. The number of carbonyl (C=O) groups excluding carboxylic acids is 1. The molecule has 0 bridgehead atoms. The summed E-state index contributed by atoms with van der Waals surface area (Å²) in [5, 5.41) is 10.5. The van der Waals surface area contributed by atoms with E-state index in [0.29, 0.717) is 6.54 Å². The lowest BCUT2D eigenvalue weighted by Gasteiger charge is -2.33. The Morgan fingerprint density at radius 3 is 2.76 bits per heavy atom. The molecule has 4 rings (SSSR count). The maximum absolute atomic E-state index is 13.0. The number of likely N-dealkylation sites (tertiary alicyclic amines) is 1. The van der Waals surface area contributed by atoms with Crippen LogP contribution in [0.5, 0.6) is 0 Å². The second-order valence-electron chi connectivity index (χ2n) is 7.27. The lowest BCUT2D eigenvalue weighted by molar-refractivity contribution is -0.384. The fourth-order valence-corrected chi connectivity index (χ4v) is 4.68. The molecular weight excluding hydrogens is 388 g/mol. The van der Waals surface area contributed by atoms with Gasteiger partial charge in [-0.25, -0.2) is 4.98 Å². The zero-order valence-electron chi connectivity index (χ0n) is 16.1. The molecule has 29 heavy (non-hydrogen) atoms. The Morgan fingerprint density at radius 2 is 2.03 bits per heavy atom. The first kappa shape index (κ1) is 19.4. The molecule has 8 heteroatoms. The van der Waals surface area contributed by atoms with E-state index >= 15 is 0 Å². The summed E-state index contributed by atoms with van der Waals surface area (Å²) >= 11 is 1.43. The van der Waals surface area contributed by atoms with E-state index in [0.717, 1.165) is 41.1 Å². The summed E-state index contributed by atoms with van der Waals surface area (Å²) in [5.74, 6) is 1.24. The molecule has 0 aliphatic carbocycles. The highest BCUT2D eigenvalue weighted by Crippen LogP contribution is 2.30. The highest BCUT2D eigenvalue weighted by Gasteiger charge is 2.29. The van der Waals surface area contributed by atoms with E-state index in [2.05, 4.69) is 4.98 Å². The van der Waals surface area contributed by atoms with Crippen molar-refractivity contribution in [2.24, 2.45) is 0 Å². The second-order valence-corrected chi connectivity index (χ2v) is 8.69. The number of para-hydroxylation sites is 2. The van der Waals surface area contributed by atoms with E-state index in [-0.39, 0.29) is 22.8 Å². The number of thioether (sulfide) groups is 1. The van der Waals surface area contributed by atoms with Crippen molar-refractivity contribution < 1.29 is 9.72 Å². The van der Waals surface area contributed by atoms with Gasteiger partial charge in [0, 0.05) is 36.0 Å². The van der Waals surface area contributed by atoms with Crippen LogP contribution in [0.1, 0.15) is 31.5 Å². The first-order valence-electron chi connectivity index (χ1n) is 9.66. The van der Waals surface area contributed by atoms with Crippen LogP contribution in [0.4, 0.5) is 5.69 Å². The van der Waals surface area contributed by atoms with Gasteiger partial charge in [-0.2, -0.15) is 0 Å². The fourth-order valence-electron chi connectivity index (χ4n) is 3.72. The highest BCUT2D eigenvalue weighted by atomic mass is 32.2. The van der Waals surface area contributed by atoms with Gasteiger partial charge in [0.1, 0.15) is 5.82 Å². The van der Waals surface area contributed by atoms with Gasteiger partial charge in [0.25, 0.3) is 5.69 Å². The molecule has 1 saturated heterocycles. The molecule has 1 N–H and O–H groups in total. The first-order valence-corrected chi connectivity index (χ1v) is 10.5. The molecule has 1 aliphatic heterocycles. The van der Waals surface area contributed by atoms with Crippen molar-refractivity contribution in [3.63, 3.8) is 0 Å². The number of aromatic nitrogens is 2. The van der Waals surface area contributed by atoms with Gasteiger partial charge in [0.15, 0.2) is 0 Å². The Hall–Kier alpha value is -2.87. The summed E-state index contributed by atoms with van der Waals surface area (Å²) in [6.45, 7) is 3.30. The molecule has 0 spiro atoms. The number of nitro groups is 1. The van der Waals surface area contributed by atoms with Gasteiger partial charge in [-0.1, -0.05) is 12.1 Å². The quantitative estimate of drug-likeness (QED) is 0.383. The smallest absolute Gasteiger partial charge is 0.269 e. The van der Waals surface area contributed by atoms with Gasteiger partial charge in [-0.15, -0.1) is 11.8 Å². The van der Waals surface area contributed by atoms with Crippen LogP contribution < -0.4 is 0 Å². The largest absolute Gasteiger partial charge is 0.342 e. The monoisotopic (exact) mass is 410 g/mol. The van der Waals surface area contributed by atoms with Gasteiger partial charge in [0.2, 0.25) is 5.91 Å². The number of aromatic amines is 1. The molecule has 1 amide bonds. The number of hydrogen-bond donors (Lipinski definition) is 1. The van der Waals surface area contributed by atoms with E-state index in [4.69, 9.17) is 4.98 Å². The Balaban J connectivity index is 1.41. The van der Waals surface area contributed by atoms with Gasteiger partial charge in [-0.3, -0.25) is 14.9 Å². The number of piperidine rings is 1. The molecule has 7 nitrogen and oxygen atoms in total. The molecule has 150 valence electrons. The minimum atomic E-state index is -0.422. The predicted molar refractivity (Wildman–Crippen MR) is 113 cm³/mol. The van der Waals surface area contributed by atoms with E-state index in [9.17, 15) is 14.9 Å². The summed E-state index contributed by atoms with van der Waals surface area (Å²) in [7, 11) is 0.